The highest BCUT2D eigenvalue weighted by Gasteiger charge is 2.54. The number of carbonyl (C=O) groups is 3. The molecule has 1 unspecified atom stereocenters. The summed E-state index contributed by atoms with van der Waals surface area (Å²) in [6.45, 7) is 0.510. The van der Waals surface area contributed by atoms with Crippen molar-refractivity contribution >= 4 is 46.5 Å². The van der Waals surface area contributed by atoms with E-state index in [1.807, 2.05) is 18.2 Å². The average molecular weight is 514 g/mol. The molecule has 0 radical (unpaired) electrons. The highest BCUT2D eigenvalue weighted by atomic mass is 35.5. The Morgan fingerprint density at radius 1 is 1.17 bits per heavy atom. The highest BCUT2D eigenvalue weighted by Crippen LogP contribution is 2.53. The van der Waals surface area contributed by atoms with E-state index in [0.29, 0.717) is 37.1 Å². The van der Waals surface area contributed by atoms with Gasteiger partial charge in [0.1, 0.15) is 16.2 Å². The maximum atomic E-state index is 13.0. The van der Waals surface area contributed by atoms with Crippen LogP contribution in [0, 0.1) is 5.41 Å². The number of ketones is 1. The minimum atomic E-state index is -1.00. The Bertz CT molecular complexity index is 1250. The average Bonchev–Trinajstić information content (AvgIpc) is 3.29. The van der Waals surface area contributed by atoms with Gasteiger partial charge < -0.3 is 15.3 Å². The van der Waals surface area contributed by atoms with E-state index in [-0.39, 0.29) is 28.3 Å². The van der Waals surface area contributed by atoms with Crippen LogP contribution < -0.4 is 10.2 Å². The highest BCUT2D eigenvalue weighted by molar-refractivity contribution is 6.47. The van der Waals surface area contributed by atoms with E-state index in [2.05, 4.69) is 10.3 Å². The number of pyridine rings is 1. The summed E-state index contributed by atoms with van der Waals surface area (Å²) in [5.74, 6) is -1.29. The molecule has 0 bridgehead atoms. The van der Waals surface area contributed by atoms with E-state index in [1.165, 1.54) is 6.20 Å². The smallest absolute Gasteiger partial charge is 0.326 e. The van der Waals surface area contributed by atoms with Gasteiger partial charge in [-0.3, -0.25) is 9.59 Å². The topological polar surface area (TPSA) is 99.6 Å². The molecule has 1 atom stereocenters. The number of amides is 1. The molecule has 1 fully saturated rings. The summed E-state index contributed by atoms with van der Waals surface area (Å²) in [5.41, 5.74) is 2.88. The van der Waals surface area contributed by atoms with Crippen molar-refractivity contribution in [2.75, 3.05) is 11.4 Å². The number of aliphatic carboxylic acids is 1. The molecule has 3 aliphatic rings. The molecule has 1 aromatic carbocycles. The lowest BCUT2D eigenvalue weighted by molar-refractivity contribution is -0.140. The number of carboxylic acids is 1. The van der Waals surface area contributed by atoms with Crippen molar-refractivity contribution in [2.24, 2.45) is 5.41 Å². The van der Waals surface area contributed by atoms with E-state index in [1.54, 1.807) is 17.0 Å². The van der Waals surface area contributed by atoms with Crippen LogP contribution in [-0.2, 0) is 22.4 Å². The minimum absolute atomic E-state index is 0.0680. The number of halogens is 2. The van der Waals surface area contributed by atoms with Crippen molar-refractivity contribution < 1.29 is 19.5 Å². The van der Waals surface area contributed by atoms with E-state index in [0.717, 1.165) is 36.1 Å². The molecule has 35 heavy (non-hydrogen) atoms. The maximum Gasteiger partial charge on any atom is 0.326 e. The number of allylic oxidation sites excluding steroid dienone is 2. The van der Waals surface area contributed by atoms with Gasteiger partial charge in [0.05, 0.1) is 11.0 Å². The first-order valence-corrected chi connectivity index (χ1v) is 12.6. The number of Topliss-reactive ketones (excluding diaryl/α,β-unsaturated/α-hetero) is 1. The van der Waals surface area contributed by atoms with Gasteiger partial charge in [0.15, 0.2) is 5.78 Å². The van der Waals surface area contributed by atoms with Gasteiger partial charge >= 0.3 is 5.97 Å². The molecule has 1 amide bonds. The zero-order valence-electron chi connectivity index (χ0n) is 19.0. The first-order chi connectivity index (χ1) is 16.8. The van der Waals surface area contributed by atoms with E-state index in [4.69, 9.17) is 23.2 Å². The molecule has 2 aromatic rings. The second kappa shape index (κ2) is 9.28. The van der Waals surface area contributed by atoms with Crippen molar-refractivity contribution in [3.8, 4) is 0 Å². The van der Waals surface area contributed by atoms with Crippen molar-refractivity contribution in [3.63, 3.8) is 0 Å². The molecule has 1 spiro atoms. The SMILES string of the molecule is O=C(O)C(Cc1ccc2c(c1)CCN2C(=O)c1cccnc1Cl)NC1=C(Cl)C(=O)C12CCCCC2. The first-order valence-electron chi connectivity index (χ1n) is 11.8. The number of nitrogens with one attached hydrogen (secondary N) is 1. The van der Waals surface area contributed by atoms with Gasteiger partial charge in [0.2, 0.25) is 0 Å². The van der Waals surface area contributed by atoms with Gasteiger partial charge in [-0.1, -0.05) is 54.6 Å². The number of nitrogens with zero attached hydrogens (tertiary/aromatic N) is 2. The third kappa shape index (κ3) is 4.10. The zero-order chi connectivity index (χ0) is 24.7. The van der Waals surface area contributed by atoms with E-state index >= 15 is 0 Å². The molecule has 5 rings (SSSR count). The van der Waals surface area contributed by atoms with Gasteiger partial charge in [-0.15, -0.1) is 0 Å². The maximum absolute atomic E-state index is 13.0. The normalized spacial score (nSPS) is 19.4. The molecule has 7 nitrogen and oxygen atoms in total. The molecular formula is C26H25Cl2N3O4. The summed E-state index contributed by atoms with van der Waals surface area (Å²) >= 11 is 12.4. The summed E-state index contributed by atoms with van der Waals surface area (Å²) in [6, 6.07) is 8.04. The summed E-state index contributed by atoms with van der Waals surface area (Å²) in [6.07, 6.45) is 6.78. The molecule has 0 saturated heterocycles. The second-order valence-corrected chi connectivity index (χ2v) is 10.1. The molecule has 2 N–H and O–H groups in total. The fourth-order valence-electron chi connectivity index (χ4n) is 5.51. The predicted molar refractivity (Wildman–Crippen MR) is 133 cm³/mol. The van der Waals surface area contributed by atoms with Crippen molar-refractivity contribution in [3.05, 3.63) is 69.1 Å². The van der Waals surface area contributed by atoms with Crippen molar-refractivity contribution in [2.45, 2.75) is 51.0 Å². The molecule has 2 aliphatic carbocycles. The van der Waals surface area contributed by atoms with Gasteiger partial charge in [0, 0.05) is 30.5 Å². The Kier molecular flexibility index (Phi) is 6.32. The number of hydrogen-bond donors (Lipinski definition) is 2. The fourth-order valence-corrected chi connectivity index (χ4v) is 6.13. The lowest BCUT2D eigenvalue weighted by atomic mass is 9.62. The number of hydrogen-bond acceptors (Lipinski definition) is 5. The standard InChI is InChI=1S/C26H25Cl2N3O4/c27-20-21(26(22(20)32)9-2-1-3-10-26)30-18(25(34)35)14-15-6-7-19-16(13-15)8-12-31(19)24(33)17-5-4-11-29-23(17)28/h4-7,11,13,18,30H,1-3,8-10,12,14H2,(H,34,35). The molecule has 1 saturated carbocycles. The van der Waals surface area contributed by atoms with Crippen LogP contribution in [0.15, 0.2) is 47.3 Å². The Labute approximate surface area is 213 Å². The Morgan fingerprint density at radius 3 is 2.66 bits per heavy atom. The Balaban J connectivity index is 1.34. The van der Waals surface area contributed by atoms with E-state index in [9.17, 15) is 19.5 Å². The quantitative estimate of drug-likeness (QED) is 0.551. The summed E-state index contributed by atoms with van der Waals surface area (Å²) in [7, 11) is 0. The van der Waals surface area contributed by atoms with Gasteiger partial charge in [-0.25, -0.2) is 9.78 Å². The molecule has 1 aliphatic heterocycles. The van der Waals surface area contributed by atoms with Crippen LogP contribution >= 0.6 is 23.2 Å². The first kappa shape index (κ1) is 23.8. The van der Waals surface area contributed by atoms with Crippen molar-refractivity contribution in [1.82, 2.24) is 10.3 Å². The number of fused-ring (bicyclic) bond motifs is 1. The number of rotatable bonds is 6. The molecular weight excluding hydrogens is 489 g/mol. The van der Waals surface area contributed by atoms with Crippen LogP contribution in [0.5, 0.6) is 0 Å². The number of carboxylic acid groups (broad SMARTS) is 1. The van der Waals surface area contributed by atoms with Gasteiger partial charge in [-0.05, 0) is 48.6 Å². The van der Waals surface area contributed by atoms with Crippen molar-refractivity contribution in [1.29, 1.82) is 0 Å². The summed E-state index contributed by atoms with van der Waals surface area (Å²) in [4.78, 5) is 43.4. The number of anilines is 1. The number of carbonyl (C=O) groups excluding carboxylic acids is 2. The lowest BCUT2D eigenvalue weighted by Crippen LogP contribution is -2.53. The second-order valence-electron chi connectivity index (χ2n) is 9.41. The predicted octanol–water partition coefficient (Wildman–Crippen LogP) is 4.51. The number of aromatic nitrogens is 1. The fraction of sp³-hybridized carbons (Fsp3) is 0.385. The molecule has 9 heteroatoms. The minimum Gasteiger partial charge on any atom is -0.480 e. The third-order valence-electron chi connectivity index (χ3n) is 7.37. The van der Waals surface area contributed by atoms with Crippen LogP contribution in [0.25, 0.3) is 0 Å². The van der Waals surface area contributed by atoms with Crippen LogP contribution in [0.3, 0.4) is 0 Å². The van der Waals surface area contributed by atoms with Crippen LogP contribution in [-0.4, -0.2) is 40.3 Å². The largest absolute Gasteiger partial charge is 0.480 e. The Hall–Kier alpha value is -2.90. The van der Waals surface area contributed by atoms with E-state index < -0.39 is 17.4 Å². The van der Waals surface area contributed by atoms with Crippen LogP contribution in [0.2, 0.25) is 5.15 Å². The Morgan fingerprint density at radius 2 is 1.94 bits per heavy atom. The summed E-state index contributed by atoms with van der Waals surface area (Å²) in [5, 5.41) is 13.3. The van der Waals surface area contributed by atoms with Gasteiger partial charge in [-0.2, -0.15) is 0 Å². The molecule has 1 aromatic heterocycles. The van der Waals surface area contributed by atoms with Crippen LogP contribution in [0.1, 0.15) is 53.6 Å². The molecule has 2 heterocycles. The van der Waals surface area contributed by atoms with Crippen LogP contribution in [0.4, 0.5) is 5.69 Å². The zero-order valence-corrected chi connectivity index (χ0v) is 20.5. The molecule has 182 valence electrons. The third-order valence-corrected chi connectivity index (χ3v) is 8.03. The lowest BCUT2D eigenvalue weighted by Gasteiger charge is -2.45. The monoisotopic (exact) mass is 513 g/mol. The summed E-state index contributed by atoms with van der Waals surface area (Å²) < 4.78 is 0. The number of benzene rings is 1. The van der Waals surface area contributed by atoms with Gasteiger partial charge in [0.25, 0.3) is 5.91 Å².